The molecule has 3 unspecified atom stereocenters. The normalized spacial score (nSPS) is 27.0. The molecule has 0 amide bonds. The van der Waals surface area contributed by atoms with Crippen LogP contribution in [0.4, 0.5) is 4.39 Å². The van der Waals surface area contributed by atoms with Crippen LogP contribution in [0.3, 0.4) is 0 Å². The maximum atomic E-state index is 13.0. The molecule has 0 saturated carbocycles. The van der Waals surface area contributed by atoms with Gasteiger partial charge in [0.15, 0.2) is 0 Å². The van der Waals surface area contributed by atoms with Gasteiger partial charge in [-0.3, -0.25) is 0 Å². The molecule has 1 aliphatic heterocycles. The minimum Gasteiger partial charge on any atom is -0.388 e. The average Bonchev–Trinajstić information content (AvgIpc) is 2.68. The summed E-state index contributed by atoms with van der Waals surface area (Å²) in [6.07, 6.45) is 0.460. The summed E-state index contributed by atoms with van der Waals surface area (Å²) >= 11 is 3.12. The van der Waals surface area contributed by atoms with Crippen LogP contribution in [0.1, 0.15) is 25.0 Å². The minimum absolute atomic E-state index is 0.104. The van der Waals surface area contributed by atoms with E-state index in [4.69, 9.17) is 4.74 Å². The highest BCUT2D eigenvalue weighted by Gasteiger charge is 2.29. The van der Waals surface area contributed by atoms with Gasteiger partial charge in [-0.15, -0.1) is 0 Å². The fraction of sp³-hybridized carbons (Fsp3) is 0.500. The maximum Gasteiger partial charge on any atom is 0.137 e. The highest BCUT2D eigenvalue weighted by atomic mass is 79.9. The number of ether oxygens (including phenoxy) is 1. The van der Waals surface area contributed by atoms with Crippen LogP contribution in [0.2, 0.25) is 0 Å². The molecule has 0 aliphatic carbocycles. The fourth-order valence-electron chi connectivity index (χ4n) is 2.04. The van der Waals surface area contributed by atoms with E-state index in [0.717, 1.165) is 12.0 Å². The van der Waals surface area contributed by atoms with Gasteiger partial charge in [0.05, 0.1) is 23.3 Å². The van der Waals surface area contributed by atoms with Crippen LogP contribution in [0.5, 0.6) is 0 Å². The molecular formula is C12H14BrFO2. The Labute approximate surface area is 103 Å². The summed E-state index contributed by atoms with van der Waals surface area (Å²) in [5.41, 5.74) is 0.732. The molecule has 0 bridgehead atoms. The smallest absolute Gasteiger partial charge is 0.137 e. The number of rotatable bonds is 2. The van der Waals surface area contributed by atoms with Crippen LogP contribution < -0.4 is 0 Å². The first kappa shape index (κ1) is 12.0. The quantitative estimate of drug-likeness (QED) is 0.906. The van der Waals surface area contributed by atoms with Crippen molar-refractivity contribution >= 4 is 15.9 Å². The molecule has 1 heterocycles. The zero-order valence-corrected chi connectivity index (χ0v) is 10.6. The summed E-state index contributed by atoms with van der Waals surface area (Å²) < 4.78 is 18.8. The third-order valence-corrected chi connectivity index (χ3v) is 3.57. The first-order chi connectivity index (χ1) is 7.58. The Balaban J connectivity index is 2.14. The second-order valence-corrected chi connectivity index (χ2v) is 5.11. The maximum absolute atomic E-state index is 13.0. The molecule has 1 N–H and O–H groups in total. The van der Waals surface area contributed by atoms with Crippen molar-refractivity contribution in [2.45, 2.75) is 25.6 Å². The molecule has 1 aromatic carbocycles. The van der Waals surface area contributed by atoms with Crippen LogP contribution in [0, 0.1) is 11.7 Å². The predicted octanol–water partition coefficient (Wildman–Crippen LogP) is 3.05. The van der Waals surface area contributed by atoms with E-state index in [1.807, 2.05) is 6.92 Å². The SMILES string of the molecule is CC1CC(C(O)c2ccc(F)c(Br)c2)CO1. The van der Waals surface area contributed by atoms with Crippen molar-refractivity contribution < 1.29 is 14.2 Å². The topological polar surface area (TPSA) is 29.5 Å². The van der Waals surface area contributed by atoms with E-state index in [-0.39, 0.29) is 17.8 Å². The second-order valence-electron chi connectivity index (χ2n) is 4.26. The van der Waals surface area contributed by atoms with E-state index >= 15 is 0 Å². The van der Waals surface area contributed by atoms with Crippen molar-refractivity contribution in [3.8, 4) is 0 Å². The Morgan fingerprint density at radius 3 is 2.88 bits per heavy atom. The van der Waals surface area contributed by atoms with E-state index in [1.165, 1.54) is 6.07 Å². The Morgan fingerprint density at radius 1 is 1.56 bits per heavy atom. The number of hydrogen-bond acceptors (Lipinski definition) is 2. The summed E-state index contributed by atoms with van der Waals surface area (Å²) in [6, 6.07) is 4.61. The molecule has 16 heavy (non-hydrogen) atoms. The highest BCUT2D eigenvalue weighted by molar-refractivity contribution is 9.10. The van der Waals surface area contributed by atoms with E-state index in [9.17, 15) is 9.50 Å². The standard InChI is InChI=1S/C12H14BrFO2/c1-7-4-9(6-16-7)12(15)8-2-3-11(14)10(13)5-8/h2-3,5,7,9,12,15H,4,6H2,1H3. The summed E-state index contributed by atoms with van der Waals surface area (Å²) in [4.78, 5) is 0. The Morgan fingerprint density at radius 2 is 2.31 bits per heavy atom. The molecule has 0 spiro atoms. The molecule has 1 aromatic rings. The third kappa shape index (κ3) is 2.44. The van der Waals surface area contributed by atoms with Crippen LogP contribution in [-0.2, 0) is 4.74 Å². The summed E-state index contributed by atoms with van der Waals surface area (Å²) in [6.45, 7) is 2.56. The van der Waals surface area contributed by atoms with Gasteiger partial charge in [-0.2, -0.15) is 0 Å². The van der Waals surface area contributed by atoms with Gasteiger partial charge in [-0.1, -0.05) is 6.07 Å². The van der Waals surface area contributed by atoms with Crippen molar-refractivity contribution in [3.63, 3.8) is 0 Å². The first-order valence-corrected chi connectivity index (χ1v) is 6.12. The lowest BCUT2D eigenvalue weighted by Gasteiger charge is -2.17. The Bertz CT molecular complexity index is 383. The van der Waals surface area contributed by atoms with Crippen molar-refractivity contribution in [1.82, 2.24) is 0 Å². The summed E-state index contributed by atoms with van der Waals surface area (Å²) in [5, 5.41) is 10.1. The summed E-state index contributed by atoms with van der Waals surface area (Å²) in [7, 11) is 0. The lowest BCUT2D eigenvalue weighted by molar-refractivity contribution is 0.0803. The zero-order valence-electron chi connectivity index (χ0n) is 8.99. The molecular weight excluding hydrogens is 275 g/mol. The molecule has 1 fully saturated rings. The monoisotopic (exact) mass is 288 g/mol. The molecule has 4 heteroatoms. The van der Waals surface area contributed by atoms with Gasteiger partial charge in [0.1, 0.15) is 5.82 Å². The van der Waals surface area contributed by atoms with E-state index in [0.29, 0.717) is 11.1 Å². The van der Waals surface area contributed by atoms with Crippen LogP contribution in [0.25, 0.3) is 0 Å². The molecule has 2 nitrogen and oxygen atoms in total. The van der Waals surface area contributed by atoms with Crippen LogP contribution in [-0.4, -0.2) is 17.8 Å². The number of benzene rings is 1. The Hall–Kier alpha value is -0.450. The molecule has 1 aliphatic rings. The molecule has 2 rings (SSSR count). The van der Waals surface area contributed by atoms with Gasteiger partial charge in [0, 0.05) is 5.92 Å². The van der Waals surface area contributed by atoms with Gasteiger partial charge in [-0.25, -0.2) is 4.39 Å². The number of hydrogen-bond donors (Lipinski definition) is 1. The van der Waals surface area contributed by atoms with Gasteiger partial charge in [0.25, 0.3) is 0 Å². The lowest BCUT2D eigenvalue weighted by Crippen LogP contribution is -2.12. The average molecular weight is 289 g/mol. The minimum atomic E-state index is -0.582. The number of aliphatic hydroxyl groups is 1. The van der Waals surface area contributed by atoms with Crippen molar-refractivity contribution in [3.05, 3.63) is 34.1 Å². The summed E-state index contributed by atoms with van der Waals surface area (Å²) in [5.74, 6) is -0.209. The van der Waals surface area contributed by atoms with E-state index in [1.54, 1.807) is 12.1 Å². The molecule has 88 valence electrons. The van der Waals surface area contributed by atoms with Crippen molar-refractivity contribution in [1.29, 1.82) is 0 Å². The first-order valence-electron chi connectivity index (χ1n) is 5.32. The van der Waals surface area contributed by atoms with Gasteiger partial charge >= 0.3 is 0 Å². The van der Waals surface area contributed by atoms with Crippen LogP contribution in [0.15, 0.2) is 22.7 Å². The fourth-order valence-corrected chi connectivity index (χ4v) is 2.44. The van der Waals surface area contributed by atoms with E-state index < -0.39 is 6.10 Å². The largest absolute Gasteiger partial charge is 0.388 e. The third-order valence-electron chi connectivity index (χ3n) is 2.96. The lowest BCUT2D eigenvalue weighted by atomic mass is 9.94. The molecule has 0 radical (unpaired) electrons. The van der Waals surface area contributed by atoms with Gasteiger partial charge < -0.3 is 9.84 Å². The van der Waals surface area contributed by atoms with Gasteiger partial charge in [0.2, 0.25) is 0 Å². The van der Waals surface area contributed by atoms with Crippen molar-refractivity contribution in [2.75, 3.05) is 6.61 Å². The number of halogens is 2. The van der Waals surface area contributed by atoms with Crippen LogP contribution >= 0.6 is 15.9 Å². The molecule has 3 atom stereocenters. The second kappa shape index (κ2) is 4.82. The Kier molecular flexibility index (Phi) is 3.62. The van der Waals surface area contributed by atoms with Crippen molar-refractivity contribution in [2.24, 2.45) is 5.92 Å². The van der Waals surface area contributed by atoms with E-state index in [2.05, 4.69) is 15.9 Å². The van der Waals surface area contributed by atoms with Gasteiger partial charge in [-0.05, 0) is 47.0 Å². The highest BCUT2D eigenvalue weighted by Crippen LogP contribution is 2.32. The predicted molar refractivity (Wildman–Crippen MR) is 62.6 cm³/mol. The number of aliphatic hydroxyl groups excluding tert-OH is 1. The molecule has 1 saturated heterocycles. The molecule has 0 aromatic heterocycles. The zero-order chi connectivity index (χ0) is 11.7.